The third kappa shape index (κ3) is 3.79. The van der Waals surface area contributed by atoms with Crippen LogP contribution in [0.1, 0.15) is 42.5 Å². The summed E-state index contributed by atoms with van der Waals surface area (Å²) < 4.78 is 0. The molecule has 0 fully saturated rings. The Morgan fingerprint density at radius 1 is 1.38 bits per heavy atom. The average molecular weight is 288 g/mol. The number of H-pyrrole nitrogens is 1. The van der Waals surface area contributed by atoms with Crippen LogP contribution in [0.4, 0.5) is 5.82 Å². The van der Waals surface area contributed by atoms with Crippen molar-refractivity contribution in [2.45, 2.75) is 32.7 Å². The Morgan fingerprint density at radius 2 is 2.14 bits per heavy atom. The van der Waals surface area contributed by atoms with Crippen LogP contribution in [0.5, 0.6) is 0 Å². The van der Waals surface area contributed by atoms with Gasteiger partial charge in [0.1, 0.15) is 5.82 Å². The number of amides is 1. The van der Waals surface area contributed by atoms with Crippen LogP contribution in [0.2, 0.25) is 0 Å². The summed E-state index contributed by atoms with van der Waals surface area (Å²) in [5.41, 5.74) is 4.47. The van der Waals surface area contributed by atoms with Crippen molar-refractivity contribution >= 4 is 11.7 Å². The van der Waals surface area contributed by atoms with Crippen LogP contribution in [0.15, 0.2) is 24.7 Å². The van der Waals surface area contributed by atoms with Gasteiger partial charge in [0.2, 0.25) is 0 Å². The maximum absolute atomic E-state index is 12.2. The summed E-state index contributed by atoms with van der Waals surface area (Å²) in [6, 6.07) is 3.40. The molecule has 1 amide bonds. The van der Waals surface area contributed by atoms with E-state index in [0.717, 1.165) is 11.4 Å². The van der Waals surface area contributed by atoms with Crippen molar-refractivity contribution in [3.8, 4) is 0 Å². The molecule has 21 heavy (non-hydrogen) atoms. The Balaban J connectivity index is 2.19. The Hall–Kier alpha value is -2.41. The van der Waals surface area contributed by atoms with Gasteiger partial charge >= 0.3 is 0 Å². The Labute approximate surface area is 123 Å². The number of nitrogens with one attached hydrogen (secondary N) is 3. The zero-order valence-electron chi connectivity index (χ0n) is 12.4. The number of carbonyl (C=O) groups excluding carboxylic acids is 1. The van der Waals surface area contributed by atoms with E-state index in [2.05, 4.69) is 25.7 Å². The molecule has 0 saturated heterocycles. The highest BCUT2D eigenvalue weighted by Gasteiger charge is 2.19. The normalized spacial score (nSPS) is 11.2. The zero-order chi connectivity index (χ0) is 15.5. The van der Waals surface area contributed by atoms with E-state index in [1.54, 1.807) is 24.7 Å². The second-order valence-electron chi connectivity index (χ2n) is 5.78. The molecular formula is C14H20N6O. The largest absolute Gasteiger partial charge is 0.347 e. The van der Waals surface area contributed by atoms with Crippen molar-refractivity contribution in [2.75, 3.05) is 5.43 Å². The van der Waals surface area contributed by atoms with E-state index in [1.165, 1.54) is 0 Å². The Bertz CT molecular complexity index is 615. The van der Waals surface area contributed by atoms with Crippen molar-refractivity contribution in [3.05, 3.63) is 41.6 Å². The molecular weight excluding hydrogens is 268 g/mol. The number of rotatable bonds is 4. The fourth-order valence-electron chi connectivity index (χ4n) is 1.78. The number of anilines is 1. The molecule has 7 heteroatoms. The highest BCUT2D eigenvalue weighted by molar-refractivity contribution is 5.95. The lowest BCUT2D eigenvalue weighted by Crippen LogP contribution is -2.25. The third-order valence-corrected chi connectivity index (χ3v) is 3.00. The first-order valence-electron chi connectivity index (χ1n) is 6.65. The van der Waals surface area contributed by atoms with Gasteiger partial charge in [-0.3, -0.25) is 4.79 Å². The van der Waals surface area contributed by atoms with Crippen LogP contribution in [0.3, 0.4) is 0 Å². The number of hydrogen-bond acceptors (Lipinski definition) is 5. The molecule has 0 spiro atoms. The first-order valence-corrected chi connectivity index (χ1v) is 6.65. The molecule has 112 valence electrons. The quantitative estimate of drug-likeness (QED) is 0.501. The first-order chi connectivity index (χ1) is 9.90. The molecule has 5 N–H and O–H groups in total. The first kappa shape index (κ1) is 15.0. The number of imidazole rings is 1. The zero-order valence-corrected chi connectivity index (χ0v) is 12.4. The lowest BCUT2D eigenvalue weighted by atomic mass is 9.90. The molecule has 2 heterocycles. The summed E-state index contributed by atoms with van der Waals surface area (Å²) in [5.74, 6) is 5.71. The number of nitrogens with zero attached hydrogens (tertiary/aromatic N) is 2. The summed E-state index contributed by atoms with van der Waals surface area (Å²) in [6.07, 6.45) is 3.24. The number of pyridine rings is 1. The highest BCUT2D eigenvalue weighted by atomic mass is 16.1. The lowest BCUT2D eigenvalue weighted by molar-refractivity contribution is 0.0950. The fourth-order valence-corrected chi connectivity index (χ4v) is 1.78. The molecule has 7 nitrogen and oxygen atoms in total. The maximum atomic E-state index is 12.2. The Morgan fingerprint density at radius 3 is 2.71 bits per heavy atom. The number of aromatic nitrogens is 3. The second-order valence-corrected chi connectivity index (χ2v) is 5.78. The van der Waals surface area contributed by atoms with Crippen molar-refractivity contribution in [1.82, 2.24) is 20.3 Å². The molecule has 2 rings (SSSR count). The summed E-state index contributed by atoms with van der Waals surface area (Å²) in [4.78, 5) is 23.5. The number of hydrogen-bond donors (Lipinski definition) is 4. The molecule has 0 saturated carbocycles. The molecule has 0 radical (unpaired) electrons. The van der Waals surface area contributed by atoms with Crippen LogP contribution in [0.25, 0.3) is 0 Å². The van der Waals surface area contributed by atoms with Crippen LogP contribution in [-0.2, 0) is 12.0 Å². The van der Waals surface area contributed by atoms with Gasteiger partial charge < -0.3 is 15.7 Å². The van der Waals surface area contributed by atoms with Gasteiger partial charge in [-0.05, 0) is 12.1 Å². The van der Waals surface area contributed by atoms with Gasteiger partial charge in [-0.1, -0.05) is 20.8 Å². The number of carbonyl (C=O) groups is 1. The van der Waals surface area contributed by atoms with E-state index in [1.807, 2.05) is 20.8 Å². The third-order valence-electron chi connectivity index (χ3n) is 3.00. The van der Waals surface area contributed by atoms with Gasteiger partial charge in [-0.15, -0.1) is 0 Å². The second kappa shape index (κ2) is 5.92. The smallest absolute Gasteiger partial charge is 0.251 e. The summed E-state index contributed by atoms with van der Waals surface area (Å²) in [7, 11) is 0. The molecule has 2 aromatic heterocycles. The van der Waals surface area contributed by atoms with Crippen molar-refractivity contribution in [3.63, 3.8) is 0 Å². The van der Waals surface area contributed by atoms with Crippen molar-refractivity contribution in [2.24, 2.45) is 5.84 Å². The summed E-state index contributed by atoms with van der Waals surface area (Å²) >= 11 is 0. The van der Waals surface area contributed by atoms with E-state index < -0.39 is 0 Å². The highest BCUT2D eigenvalue weighted by Crippen LogP contribution is 2.23. The average Bonchev–Trinajstić information content (AvgIpc) is 2.96. The van der Waals surface area contributed by atoms with Gasteiger partial charge in [0.25, 0.3) is 5.91 Å². The Kier molecular flexibility index (Phi) is 4.23. The molecule has 0 aromatic carbocycles. The number of aromatic amines is 1. The van der Waals surface area contributed by atoms with E-state index in [9.17, 15) is 4.79 Å². The van der Waals surface area contributed by atoms with Gasteiger partial charge in [0, 0.05) is 22.9 Å². The topological polar surface area (TPSA) is 109 Å². The van der Waals surface area contributed by atoms with Gasteiger partial charge in [0.05, 0.1) is 18.6 Å². The predicted octanol–water partition coefficient (Wildman–Crippen LogP) is 1.32. The van der Waals surface area contributed by atoms with E-state index >= 15 is 0 Å². The minimum atomic E-state index is -0.186. The van der Waals surface area contributed by atoms with Crippen LogP contribution >= 0.6 is 0 Å². The molecule has 0 atom stereocenters. The molecule has 0 aliphatic carbocycles. The monoisotopic (exact) mass is 288 g/mol. The van der Waals surface area contributed by atoms with Crippen LogP contribution < -0.4 is 16.6 Å². The number of hydrazine groups is 1. The number of nitrogen functional groups attached to an aromatic ring is 1. The van der Waals surface area contributed by atoms with Crippen molar-refractivity contribution < 1.29 is 4.79 Å². The number of nitrogens with two attached hydrogens (primary N) is 1. The minimum absolute atomic E-state index is 0.175. The molecule has 0 aliphatic rings. The van der Waals surface area contributed by atoms with E-state index in [4.69, 9.17) is 5.84 Å². The summed E-state index contributed by atoms with van der Waals surface area (Å²) in [5, 5.41) is 2.82. The SMILES string of the molecule is CC(C)(C)c1cc(C(=O)NCc2cnc[nH]2)cc(NN)n1. The van der Waals surface area contributed by atoms with Gasteiger partial charge in [-0.25, -0.2) is 15.8 Å². The summed E-state index contributed by atoms with van der Waals surface area (Å²) in [6.45, 7) is 6.48. The molecule has 2 aromatic rings. The van der Waals surface area contributed by atoms with E-state index in [0.29, 0.717) is 17.9 Å². The minimum Gasteiger partial charge on any atom is -0.347 e. The molecule has 0 bridgehead atoms. The van der Waals surface area contributed by atoms with Gasteiger partial charge in [-0.2, -0.15) is 0 Å². The fraction of sp³-hybridized carbons (Fsp3) is 0.357. The van der Waals surface area contributed by atoms with Crippen LogP contribution in [-0.4, -0.2) is 20.9 Å². The molecule has 0 unspecified atom stereocenters. The lowest BCUT2D eigenvalue weighted by Gasteiger charge is -2.19. The predicted molar refractivity (Wildman–Crippen MR) is 80.5 cm³/mol. The van der Waals surface area contributed by atoms with E-state index in [-0.39, 0.29) is 11.3 Å². The van der Waals surface area contributed by atoms with Gasteiger partial charge in [0.15, 0.2) is 0 Å². The standard InChI is InChI=1S/C14H20N6O/c1-14(2,3)11-4-9(5-12(19-11)20-15)13(21)17-7-10-6-16-8-18-10/h4-6,8H,7,15H2,1-3H3,(H,16,18)(H,17,21)(H,19,20). The molecule has 0 aliphatic heterocycles. The van der Waals surface area contributed by atoms with Crippen molar-refractivity contribution in [1.29, 1.82) is 0 Å². The maximum Gasteiger partial charge on any atom is 0.251 e. The van der Waals surface area contributed by atoms with Crippen LogP contribution in [0, 0.1) is 0 Å².